The lowest BCUT2D eigenvalue weighted by Crippen LogP contribution is -1.93. The largest absolute Gasteiger partial charge is 0.481 e. The molecule has 6 aromatic heterocycles. The second-order valence-electron chi connectivity index (χ2n) is 15.0. The first-order valence-electron chi connectivity index (χ1n) is 20.8. The highest BCUT2D eigenvalue weighted by molar-refractivity contribution is 5.99. The second-order valence-corrected chi connectivity index (χ2v) is 15.0. The van der Waals surface area contributed by atoms with Crippen molar-refractivity contribution in [3.8, 4) is 56.7 Å². The van der Waals surface area contributed by atoms with E-state index in [4.69, 9.17) is 30.0 Å². The Labute approximate surface area is 354 Å². The summed E-state index contributed by atoms with van der Waals surface area (Å²) in [6.07, 6.45) is 20.8. The van der Waals surface area contributed by atoms with Crippen molar-refractivity contribution in [3.63, 3.8) is 0 Å². The van der Waals surface area contributed by atoms with E-state index in [1.54, 1.807) is 6.20 Å². The number of rotatable bonds is 12. The minimum Gasteiger partial charge on any atom is -0.481 e. The summed E-state index contributed by atoms with van der Waals surface area (Å²) in [5, 5.41) is 8.83. The maximum absolute atomic E-state index is 10.7. The Bertz CT molecular complexity index is 2960. The van der Waals surface area contributed by atoms with E-state index in [0.717, 1.165) is 140 Å². The van der Waals surface area contributed by atoms with Crippen LogP contribution in [0.5, 0.6) is 0 Å². The van der Waals surface area contributed by atoms with E-state index < -0.39 is 5.97 Å². The van der Waals surface area contributed by atoms with Gasteiger partial charge in [0.05, 0.1) is 56.4 Å². The summed E-state index contributed by atoms with van der Waals surface area (Å²) in [5.41, 5.74) is 14.6. The highest BCUT2D eigenvalue weighted by Gasteiger charge is 2.19. The Morgan fingerprint density at radius 1 is 0.492 bits per heavy atom. The number of H-pyrrole nitrogens is 2. The Balaban J connectivity index is 1.19. The molecule has 9 heteroatoms. The number of nitrogens with one attached hydrogen (secondary N) is 2. The molecule has 2 aliphatic rings. The van der Waals surface area contributed by atoms with E-state index in [0.29, 0.717) is 0 Å². The molecule has 7 aromatic rings. The summed E-state index contributed by atoms with van der Waals surface area (Å²) < 4.78 is 0. The third-order valence-electron chi connectivity index (χ3n) is 10.9. The molecule has 0 unspecified atom stereocenters. The molecule has 0 atom stereocenters. The van der Waals surface area contributed by atoms with Crippen LogP contribution in [0.25, 0.3) is 91.3 Å². The summed E-state index contributed by atoms with van der Waals surface area (Å²) in [4.78, 5) is 43.3. The number of unbranched alkanes of at least 4 members (excludes halogenated alkanes) is 6. The van der Waals surface area contributed by atoms with Crippen LogP contribution in [0.2, 0.25) is 0 Å². The molecule has 0 amide bonds. The van der Waals surface area contributed by atoms with E-state index in [1.165, 1.54) is 0 Å². The molecular weight excluding hydrogens is 755 g/mol. The van der Waals surface area contributed by atoms with Gasteiger partial charge in [-0.3, -0.25) is 19.7 Å². The highest BCUT2D eigenvalue weighted by atomic mass is 16.4. The average Bonchev–Trinajstić information content (AvgIpc) is 4.14. The van der Waals surface area contributed by atoms with Crippen molar-refractivity contribution in [2.45, 2.75) is 51.4 Å². The molecule has 0 radical (unpaired) electrons. The zero-order chi connectivity index (χ0) is 41.4. The van der Waals surface area contributed by atoms with Gasteiger partial charge in [0.1, 0.15) is 0 Å². The minimum absolute atomic E-state index is 0.257. The molecule has 298 valence electrons. The number of benzene rings is 1. The summed E-state index contributed by atoms with van der Waals surface area (Å²) in [5.74, 6) is 6.00. The van der Waals surface area contributed by atoms with Gasteiger partial charge in [-0.15, -0.1) is 0 Å². The third-order valence-corrected chi connectivity index (χ3v) is 10.9. The van der Waals surface area contributed by atoms with E-state index in [1.807, 2.05) is 73.1 Å². The smallest absolute Gasteiger partial charge is 0.303 e. The van der Waals surface area contributed by atoms with Crippen LogP contribution in [0.4, 0.5) is 0 Å². The number of carboxylic acids is 1. The lowest BCUT2D eigenvalue weighted by Gasteiger charge is -2.06. The zero-order valence-electron chi connectivity index (χ0n) is 33.6. The first-order chi connectivity index (χ1) is 30.1. The molecule has 9 nitrogen and oxygen atoms in total. The Kier molecular flexibility index (Phi) is 11.5. The normalized spacial score (nSPS) is 11.7. The van der Waals surface area contributed by atoms with Gasteiger partial charge < -0.3 is 15.1 Å². The van der Waals surface area contributed by atoms with Crippen molar-refractivity contribution in [3.05, 3.63) is 150 Å². The van der Waals surface area contributed by atoms with Gasteiger partial charge >= 0.3 is 5.97 Å². The maximum atomic E-state index is 10.7. The van der Waals surface area contributed by atoms with Crippen molar-refractivity contribution in [1.29, 1.82) is 0 Å². The third kappa shape index (κ3) is 8.70. The van der Waals surface area contributed by atoms with Crippen LogP contribution in [0, 0.1) is 11.8 Å². The quantitative estimate of drug-likeness (QED) is 0.0828. The number of aromatic amines is 2. The second kappa shape index (κ2) is 18.1. The van der Waals surface area contributed by atoms with Gasteiger partial charge in [-0.05, 0) is 116 Å². The van der Waals surface area contributed by atoms with E-state index >= 15 is 0 Å². The first kappa shape index (κ1) is 38.8. The van der Waals surface area contributed by atoms with Crippen molar-refractivity contribution in [2.24, 2.45) is 0 Å². The molecule has 8 heterocycles. The predicted octanol–water partition coefficient (Wildman–Crippen LogP) is 12.1. The van der Waals surface area contributed by atoms with Crippen molar-refractivity contribution >= 4 is 52.3 Å². The first-order valence-corrected chi connectivity index (χ1v) is 20.8. The molecular formula is C52H43N7O2. The average molecular weight is 798 g/mol. The number of pyridine rings is 3. The molecule has 0 aliphatic carbocycles. The zero-order valence-corrected chi connectivity index (χ0v) is 33.6. The summed E-state index contributed by atoms with van der Waals surface area (Å²) >= 11 is 0. The minimum atomic E-state index is -0.715. The molecule has 2 aliphatic heterocycles. The van der Waals surface area contributed by atoms with Crippen molar-refractivity contribution in [1.82, 2.24) is 34.9 Å². The number of hydrogen-bond donors (Lipinski definition) is 3. The van der Waals surface area contributed by atoms with Gasteiger partial charge in [0.15, 0.2) is 0 Å². The molecule has 3 N–H and O–H groups in total. The maximum Gasteiger partial charge on any atom is 0.303 e. The Hall–Kier alpha value is -7.70. The van der Waals surface area contributed by atoms with Gasteiger partial charge in [0.2, 0.25) is 0 Å². The molecule has 0 saturated heterocycles. The van der Waals surface area contributed by atoms with Crippen molar-refractivity contribution < 1.29 is 9.90 Å². The fourth-order valence-corrected chi connectivity index (χ4v) is 7.93. The van der Waals surface area contributed by atoms with Crippen LogP contribution in [0.1, 0.15) is 79.7 Å². The number of carbonyl (C=O) groups is 1. The molecule has 0 saturated carbocycles. The van der Waals surface area contributed by atoms with E-state index in [9.17, 15) is 4.79 Å². The van der Waals surface area contributed by atoms with Crippen LogP contribution in [0.15, 0.2) is 122 Å². The molecule has 61 heavy (non-hydrogen) atoms. The Morgan fingerprint density at radius 2 is 0.918 bits per heavy atom. The number of fused-ring (bicyclic) bond motifs is 8. The predicted molar refractivity (Wildman–Crippen MR) is 245 cm³/mol. The highest BCUT2D eigenvalue weighted by Crippen LogP contribution is 2.37. The lowest BCUT2D eigenvalue weighted by molar-refractivity contribution is -0.137. The van der Waals surface area contributed by atoms with Crippen LogP contribution >= 0.6 is 0 Å². The van der Waals surface area contributed by atoms with Crippen LogP contribution in [0.3, 0.4) is 0 Å². The Morgan fingerprint density at radius 3 is 1.36 bits per heavy atom. The number of aliphatic carboxylic acids is 1. The fourth-order valence-electron chi connectivity index (χ4n) is 7.93. The molecule has 0 spiro atoms. The standard InChI is InChI=1S/C52H43N7O2/c60-48(61)19-8-6-4-2-1-3-5-7-15-35-20-22-36(23-21-35)49-40-24-26-42(56-40)50(37-16-9-12-32-53-37)44-28-30-46(58-44)52(39-18-11-14-34-55-39)47-31-29-45(59-47)51(38-17-10-13-33-54-38)43-27-25-41(49)57-43/h9-14,16-18,20-34,56,59H,1-6,8,19H2,(H,60,61). The monoisotopic (exact) mass is 797 g/mol. The van der Waals surface area contributed by atoms with Crippen LogP contribution < -0.4 is 0 Å². The van der Waals surface area contributed by atoms with E-state index in [2.05, 4.69) is 88.6 Å². The summed E-state index contributed by atoms with van der Waals surface area (Å²) in [7, 11) is 0. The van der Waals surface area contributed by atoms with Gasteiger partial charge in [0.25, 0.3) is 0 Å². The van der Waals surface area contributed by atoms with Crippen molar-refractivity contribution in [2.75, 3.05) is 0 Å². The number of carboxylic acid groups (broad SMARTS) is 1. The topological polar surface area (TPSA) is 133 Å². The van der Waals surface area contributed by atoms with Gasteiger partial charge in [-0.1, -0.05) is 67.9 Å². The van der Waals surface area contributed by atoms with Gasteiger partial charge in [-0.2, -0.15) is 0 Å². The van der Waals surface area contributed by atoms with Gasteiger partial charge in [0, 0.05) is 64.8 Å². The SMILES string of the molecule is O=C(O)CCCCCCCCC#Cc1ccc(-c2c3nc(c(-c4ccccn4)c4ccc([nH]4)c(-c4ccccn4)c4nc(c(-c5ccccn5)c5ccc2[nH]5)C=C4)C=C3)cc1. The molecule has 1 aromatic carbocycles. The van der Waals surface area contributed by atoms with Crippen LogP contribution in [-0.4, -0.2) is 46.0 Å². The van der Waals surface area contributed by atoms with Gasteiger partial charge in [-0.25, -0.2) is 9.97 Å². The van der Waals surface area contributed by atoms with Crippen LogP contribution in [-0.2, 0) is 4.79 Å². The number of hydrogen-bond acceptors (Lipinski definition) is 6. The van der Waals surface area contributed by atoms with E-state index in [-0.39, 0.29) is 6.42 Å². The number of aromatic nitrogens is 7. The molecule has 9 rings (SSSR count). The summed E-state index contributed by atoms with van der Waals surface area (Å²) in [6, 6.07) is 34.5. The number of nitrogens with zero attached hydrogens (tertiary/aromatic N) is 5. The fraction of sp³-hybridized carbons (Fsp3) is 0.154. The molecule has 0 fully saturated rings. The lowest BCUT2D eigenvalue weighted by atomic mass is 10.0. The summed E-state index contributed by atoms with van der Waals surface area (Å²) in [6.45, 7) is 0. The molecule has 8 bridgehead atoms.